The second kappa shape index (κ2) is 6.49. The van der Waals surface area contributed by atoms with Gasteiger partial charge in [-0.3, -0.25) is 4.57 Å². The molecule has 2 aliphatic heterocycles. The van der Waals surface area contributed by atoms with Gasteiger partial charge in [0.2, 0.25) is 7.37 Å². The average molecular weight is 320 g/mol. The number of hydrogen-bond acceptors (Lipinski definition) is 6. The van der Waals surface area contributed by atoms with Crippen LogP contribution in [0.25, 0.3) is 0 Å². The summed E-state index contributed by atoms with van der Waals surface area (Å²) in [7, 11) is -0.989. The van der Waals surface area contributed by atoms with Crippen LogP contribution in [0.15, 0.2) is 12.2 Å². The van der Waals surface area contributed by atoms with Gasteiger partial charge in [-0.05, 0) is 20.8 Å². The summed E-state index contributed by atoms with van der Waals surface area (Å²) < 4.78 is 40.0. The van der Waals surface area contributed by atoms with E-state index >= 15 is 0 Å². The van der Waals surface area contributed by atoms with Crippen molar-refractivity contribution in [1.29, 1.82) is 0 Å². The second-order valence-corrected chi connectivity index (χ2v) is 8.46. The predicted octanol–water partition coefficient (Wildman–Crippen LogP) is 2.38. The lowest BCUT2D eigenvalue weighted by Gasteiger charge is -2.22. The number of rotatable bonds is 6. The summed E-state index contributed by atoms with van der Waals surface area (Å²) in [6, 6.07) is 0. The summed E-state index contributed by atoms with van der Waals surface area (Å²) >= 11 is 0. The first-order valence-corrected chi connectivity index (χ1v) is 9.45. The van der Waals surface area contributed by atoms with E-state index in [1.807, 2.05) is 32.9 Å². The molecule has 0 spiro atoms. The van der Waals surface area contributed by atoms with Crippen LogP contribution in [-0.4, -0.2) is 56.9 Å². The maximum absolute atomic E-state index is 12.0. The zero-order chi connectivity index (χ0) is 15.7. The van der Waals surface area contributed by atoms with Crippen LogP contribution in [0, 0.1) is 0 Å². The van der Waals surface area contributed by atoms with Gasteiger partial charge < -0.3 is 23.5 Å². The molecule has 2 rings (SSSR count). The number of methoxy groups -OCH3 is 1. The molecule has 2 aliphatic rings. The van der Waals surface area contributed by atoms with Crippen molar-refractivity contribution in [2.75, 3.05) is 26.5 Å². The quantitative estimate of drug-likeness (QED) is 0.553. The minimum absolute atomic E-state index is 0.218. The van der Waals surface area contributed by atoms with E-state index < -0.39 is 19.4 Å². The van der Waals surface area contributed by atoms with Gasteiger partial charge >= 0.3 is 0 Å². The third-order valence-corrected chi connectivity index (χ3v) is 5.12. The zero-order valence-corrected chi connectivity index (χ0v) is 14.2. The maximum Gasteiger partial charge on any atom is 0.203 e. The normalized spacial score (nSPS) is 37.8. The van der Waals surface area contributed by atoms with E-state index in [4.69, 9.17) is 23.5 Å². The lowest BCUT2D eigenvalue weighted by molar-refractivity contribution is -0.221. The fourth-order valence-electron chi connectivity index (χ4n) is 2.65. The van der Waals surface area contributed by atoms with Gasteiger partial charge in [-0.1, -0.05) is 12.2 Å². The van der Waals surface area contributed by atoms with E-state index in [1.54, 1.807) is 13.8 Å². The Bertz CT molecular complexity index is 435. The number of fused-ring (bicyclic) bond motifs is 1. The molecule has 2 fully saturated rings. The molecule has 7 heteroatoms. The Labute approximate surface area is 126 Å². The molecule has 5 atom stereocenters. The monoisotopic (exact) mass is 320 g/mol. The molecule has 6 nitrogen and oxygen atoms in total. The fraction of sp³-hybridized carbons (Fsp3) is 0.857. The SMILES string of the molecule is CCOP(C)(=O)C/C=C/[C@H]1O[C@@H](OC)[C@@H]2OC(C)(C)O[C@@H]21. The molecular formula is C14H25O6P. The topological polar surface area (TPSA) is 63.2 Å². The molecule has 0 bridgehead atoms. The summed E-state index contributed by atoms with van der Waals surface area (Å²) in [6.45, 7) is 7.65. The molecule has 0 amide bonds. The van der Waals surface area contributed by atoms with Crippen LogP contribution >= 0.6 is 7.37 Å². The maximum atomic E-state index is 12.0. The van der Waals surface area contributed by atoms with Crippen molar-refractivity contribution in [3.05, 3.63) is 12.2 Å². The Morgan fingerprint density at radius 3 is 2.57 bits per heavy atom. The Morgan fingerprint density at radius 2 is 1.95 bits per heavy atom. The highest BCUT2D eigenvalue weighted by Crippen LogP contribution is 2.43. The fourth-order valence-corrected chi connectivity index (χ4v) is 3.80. The van der Waals surface area contributed by atoms with Crippen LogP contribution in [0.1, 0.15) is 20.8 Å². The van der Waals surface area contributed by atoms with Crippen molar-refractivity contribution < 1.29 is 28.0 Å². The van der Waals surface area contributed by atoms with Crippen LogP contribution in [0.4, 0.5) is 0 Å². The number of allylic oxidation sites excluding steroid dienone is 1. The largest absolute Gasteiger partial charge is 0.353 e. The number of hydrogen-bond donors (Lipinski definition) is 0. The van der Waals surface area contributed by atoms with Gasteiger partial charge in [0, 0.05) is 19.9 Å². The minimum atomic E-state index is -2.57. The molecule has 2 saturated heterocycles. The summed E-state index contributed by atoms with van der Waals surface area (Å²) in [6.07, 6.45) is 2.86. The van der Waals surface area contributed by atoms with Crippen LogP contribution in [0.5, 0.6) is 0 Å². The minimum Gasteiger partial charge on any atom is -0.353 e. The van der Waals surface area contributed by atoms with E-state index in [9.17, 15) is 4.57 Å². The van der Waals surface area contributed by atoms with Crippen molar-refractivity contribution in [1.82, 2.24) is 0 Å². The Kier molecular flexibility index (Phi) is 5.29. The molecule has 21 heavy (non-hydrogen) atoms. The molecule has 0 aliphatic carbocycles. The van der Waals surface area contributed by atoms with E-state index in [1.165, 1.54) is 0 Å². The van der Waals surface area contributed by atoms with E-state index in [0.717, 1.165) is 0 Å². The Hall–Kier alpha value is -0.230. The van der Waals surface area contributed by atoms with Crippen LogP contribution in [-0.2, 0) is 28.0 Å². The first-order chi connectivity index (χ1) is 9.78. The van der Waals surface area contributed by atoms with Crippen molar-refractivity contribution in [2.24, 2.45) is 0 Å². The first-order valence-electron chi connectivity index (χ1n) is 7.19. The average Bonchev–Trinajstić information content (AvgIpc) is 2.83. The van der Waals surface area contributed by atoms with Gasteiger partial charge in [0.25, 0.3) is 0 Å². The summed E-state index contributed by atoms with van der Waals surface area (Å²) in [5.74, 6) is -0.645. The molecule has 122 valence electrons. The third-order valence-electron chi connectivity index (χ3n) is 3.44. The zero-order valence-electron chi connectivity index (χ0n) is 13.3. The predicted molar refractivity (Wildman–Crippen MR) is 78.7 cm³/mol. The third kappa shape index (κ3) is 4.15. The van der Waals surface area contributed by atoms with Crippen molar-refractivity contribution >= 4 is 7.37 Å². The molecule has 0 saturated carbocycles. The van der Waals surface area contributed by atoms with E-state index in [2.05, 4.69) is 0 Å². The smallest absolute Gasteiger partial charge is 0.203 e. The molecule has 0 aromatic carbocycles. The van der Waals surface area contributed by atoms with Crippen LogP contribution in [0.3, 0.4) is 0 Å². The second-order valence-electron chi connectivity index (χ2n) is 5.81. The number of ether oxygens (including phenoxy) is 4. The standard InChI is InChI=1S/C14H25O6P/c1-6-17-21(5,15)9-7-8-10-11-12(13(16-4)18-10)20-14(2,3)19-11/h7-8,10-13H,6,9H2,1-5H3/b8-7+/t10-,11-,12-,13-,21?/m1/s1. The van der Waals surface area contributed by atoms with Gasteiger partial charge in [-0.25, -0.2) is 0 Å². The molecule has 0 N–H and O–H groups in total. The van der Waals surface area contributed by atoms with Crippen LogP contribution < -0.4 is 0 Å². The van der Waals surface area contributed by atoms with Crippen molar-refractivity contribution in [3.8, 4) is 0 Å². The molecule has 0 aromatic rings. The molecule has 0 aromatic heterocycles. The molecule has 1 unspecified atom stereocenters. The van der Waals surface area contributed by atoms with Crippen LogP contribution in [0.2, 0.25) is 0 Å². The molecule has 2 heterocycles. The summed E-state index contributed by atoms with van der Waals surface area (Å²) in [5, 5.41) is 0. The Balaban J connectivity index is 1.99. The van der Waals surface area contributed by atoms with Gasteiger partial charge in [-0.15, -0.1) is 0 Å². The molecule has 0 radical (unpaired) electrons. The van der Waals surface area contributed by atoms with Gasteiger partial charge in [0.15, 0.2) is 12.1 Å². The van der Waals surface area contributed by atoms with Gasteiger partial charge in [0.1, 0.15) is 18.3 Å². The Morgan fingerprint density at radius 1 is 1.29 bits per heavy atom. The highest BCUT2D eigenvalue weighted by Gasteiger charge is 2.54. The molecular weight excluding hydrogens is 295 g/mol. The van der Waals surface area contributed by atoms with E-state index in [0.29, 0.717) is 12.8 Å². The van der Waals surface area contributed by atoms with Gasteiger partial charge in [0.05, 0.1) is 6.61 Å². The first kappa shape index (κ1) is 17.1. The summed E-state index contributed by atoms with van der Waals surface area (Å²) in [5.41, 5.74) is 0. The van der Waals surface area contributed by atoms with E-state index in [-0.39, 0.29) is 18.3 Å². The van der Waals surface area contributed by atoms with Crippen molar-refractivity contribution in [3.63, 3.8) is 0 Å². The highest BCUT2D eigenvalue weighted by molar-refractivity contribution is 7.58. The lowest BCUT2D eigenvalue weighted by atomic mass is 10.1. The van der Waals surface area contributed by atoms with Gasteiger partial charge in [-0.2, -0.15) is 0 Å². The lowest BCUT2D eigenvalue weighted by Crippen LogP contribution is -2.30. The highest BCUT2D eigenvalue weighted by atomic mass is 31.2. The summed E-state index contributed by atoms with van der Waals surface area (Å²) in [4.78, 5) is 0. The van der Waals surface area contributed by atoms with Crippen molar-refractivity contribution in [2.45, 2.75) is 51.2 Å².